The van der Waals surface area contributed by atoms with Gasteiger partial charge in [0.2, 0.25) is 0 Å². The number of carbonyl (C=O) groups excluding carboxylic acids is 1. The quantitative estimate of drug-likeness (QED) is 0.453. The van der Waals surface area contributed by atoms with Gasteiger partial charge >= 0.3 is 11.9 Å². The van der Waals surface area contributed by atoms with Gasteiger partial charge in [-0.3, -0.25) is 9.36 Å². The summed E-state index contributed by atoms with van der Waals surface area (Å²) in [6.45, 7) is 3.58. The summed E-state index contributed by atoms with van der Waals surface area (Å²) in [4.78, 5) is 42.7. The number of allylic oxidation sites excluding steroid dienone is 1. The van der Waals surface area contributed by atoms with Crippen LogP contribution in [0.3, 0.4) is 0 Å². The normalized spacial score (nSPS) is 15.2. The first kappa shape index (κ1) is 25.2. The van der Waals surface area contributed by atoms with Crippen molar-refractivity contribution in [2.75, 3.05) is 19.0 Å². The number of nitrogens with zero attached hydrogens (tertiary/aromatic N) is 2. The first-order chi connectivity index (χ1) is 17.2. The van der Waals surface area contributed by atoms with Crippen molar-refractivity contribution >= 4 is 46.8 Å². The second-order valence-corrected chi connectivity index (χ2v) is 9.14. The number of fused-ring (bicyclic) bond motifs is 1. The molecule has 2 aromatic carbocycles. The summed E-state index contributed by atoms with van der Waals surface area (Å²) in [6, 6.07) is 10.6. The highest BCUT2D eigenvalue weighted by Crippen LogP contribution is 2.32. The van der Waals surface area contributed by atoms with E-state index in [-0.39, 0.29) is 27.8 Å². The van der Waals surface area contributed by atoms with Crippen LogP contribution in [0.15, 0.2) is 63.5 Å². The highest BCUT2D eigenvalue weighted by molar-refractivity contribution is 7.07. The lowest BCUT2D eigenvalue weighted by Gasteiger charge is -2.24. The van der Waals surface area contributed by atoms with Crippen LogP contribution in [0.2, 0.25) is 5.02 Å². The number of carboxylic acids is 1. The fourth-order valence-corrected chi connectivity index (χ4v) is 4.97. The summed E-state index contributed by atoms with van der Waals surface area (Å²) in [5.74, 6) is -1.09. The molecule has 2 heterocycles. The number of rotatable bonds is 7. The lowest BCUT2D eigenvalue weighted by molar-refractivity contribution is -0.139. The molecule has 0 saturated heterocycles. The van der Waals surface area contributed by atoms with Crippen molar-refractivity contribution in [2.24, 2.45) is 4.99 Å². The molecule has 1 aromatic heterocycles. The number of nitrogens with one attached hydrogen (secondary N) is 1. The third kappa shape index (κ3) is 4.77. The molecule has 0 bridgehead atoms. The van der Waals surface area contributed by atoms with Crippen LogP contribution in [0.1, 0.15) is 35.8 Å². The molecule has 4 rings (SSSR count). The van der Waals surface area contributed by atoms with Crippen LogP contribution in [-0.4, -0.2) is 35.3 Å². The second kappa shape index (κ2) is 10.4. The molecular weight excluding hydrogens is 506 g/mol. The van der Waals surface area contributed by atoms with Gasteiger partial charge in [0.25, 0.3) is 5.56 Å². The number of aromatic nitrogens is 1. The Morgan fingerprint density at radius 3 is 2.75 bits per heavy atom. The molecule has 0 amide bonds. The number of carboxylic acid groups (broad SMARTS) is 1. The Bertz CT molecular complexity index is 1570. The Morgan fingerprint density at radius 2 is 2.06 bits per heavy atom. The highest BCUT2D eigenvalue weighted by atomic mass is 35.5. The molecule has 9 nitrogen and oxygen atoms in total. The van der Waals surface area contributed by atoms with E-state index in [0.717, 1.165) is 11.3 Å². The van der Waals surface area contributed by atoms with E-state index < -0.39 is 18.0 Å². The van der Waals surface area contributed by atoms with Gasteiger partial charge in [0.05, 0.1) is 47.3 Å². The minimum atomic E-state index is -1.10. The van der Waals surface area contributed by atoms with Crippen molar-refractivity contribution in [1.82, 2.24) is 4.57 Å². The molecule has 0 aliphatic carbocycles. The van der Waals surface area contributed by atoms with Gasteiger partial charge in [-0.05, 0) is 49.7 Å². The highest BCUT2D eigenvalue weighted by Gasteiger charge is 2.33. The maximum Gasteiger partial charge on any atom is 0.338 e. The van der Waals surface area contributed by atoms with Crippen LogP contribution >= 0.6 is 22.9 Å². The topological polar surface area (TPSA) is 119 Å². The van der Waals surface area contributed by atoms with E-state index in [0.29, 0.717) is 32.5 Å². The van der Waals surface area contributed by atoms with Crippen molar-refractivity contribution < 1.29 is 24.2 Å². The fraction of sp³-hybridized carbons (Fsp3) is 0.200. The molecule has 0 unspecified atom stereocenters. The third-order valence-electron chi connectivity index (χ3n) is 5.50. The monoisotopic (exact) mass is 527 g/mol. The number of methoxy groups -OCH3 is 1. The zero-order valence-corrected chi connectivity index (χ0v) is 21.1. The maximum atomic E-state index is 13.6. The minimum Gasteiger partial charge on any atom is -0.497 e. The number of hydrogen-bond donors (Lipinski definition) is 2. The summed E-state index contributed by atoms with van der Waals surface area (Å²) < 4.78 is 12.4. The molecule has 1 aliphatic rings. The molecule has 36 heavy (non-hydrogen) atoms. The van der Waals surface area contributed by atoms with Crippen molar-refractivity contribution in [3.63, 3.8) is 0 Å². The van der Waals surface area contributed by atoms with E-state index in [9.17, 15) is 19.5 Å². The predicted molar refractivity (Wildman–Crippen MR) is 136 cm³/mol. The molecule has 1 aliphatic heterocycles. The van der Waals surface area contributed by atoms with Crippen LogP contribution in [0.4, 0.5) is 5.69 Å². The number of benzene rings is 2. The Morgan fingerprint density at radius 1 is 1.28 bits per heavy atom. The van der Waals surface area contributed by atoms with Gasteiger partial charge < -0.3 is 19.9 Å². The Labute approximate surface area is 214 Å². The average Bonchev–Trinajstić information content (AvgIpc) is 3.17. The molecule has 11 heteroatoms. The van der Waals surface area contributed by atoms with Gasteiger partial charge in [0.1, 0.15) is 10.3 Å². The first-order valence-electron chi connectivity index (χ1n) is 10.9. The summed E-state index contributed by atoms with van der Waals surface area (Å²) in [6.07, 6.45) is 1.45. The molecule has 2 N–H and O–H groups in total. The average molecular weight is 528 g/mol. The zero-order chi connectivity index (χ0) is 26.0. The molecule has 0 saturated carbocycles. The number of halogens is 1. The largest absolute Gasteiger partial charge is 0.497 e. The van der Waals surface area contributed by atoms with Gasteiger partial charge in [-0.25, -0.2) is 14.6 Å². The van der Waals surface area contributed by atoms with Crippen LogP contribution in [0.25, 0.3) is 6.20 Å². The van der Waals surface area contributed by atoms with Gasteiger partial charge in [0, 0.05) is 6.20 Å². The van der Waals surface area contributed by atoms with E-state index in [1.807, 2.05) is 0 Å². The third-order valence-corrected chi connectivity index (χ3v) is 6.81. The van der Waals surface area contributed by atoms with E-state index in [4.69, 9.17) is 21.1 Å². The number of ether oxygens (including phenoxy) is 2. The van der Waals surface area contributed by atoms with Crippen molar-refractivity contribution in [2.45, 2.75) is 19.9 Å². The van der Waals surface area contributed by atoms with Crippen molar-refractivity contribution in [1.29, 1.82) is 0 Å². The van der Waals surface area contributed by atoms with E-state index >= 15 is 0 Å². The SMILES string of the molecule is CCOC(=O)C1=C(C)N=c2s/c(=C\Nc3cc(C(=O)O)ccc3Cl)c(=O)n2[C@H]1c1cccc(OC)c1. The summed E-state index contributed by atoms with van der Waals surface area (Å²) in [7, 11) is 1.54. The Hall–Kier alpha value is -3.89. The van der Waals surface area contributed by atoms with Gasteiger partial charge in [-0.2, -0.15) is 0 Å². The van der Waals surface area contributed by atoms with E-state index in [2.05, 4.69) is 10.3 Å². The van der Waals surface area contributed by atoms with Crippen molar-refractivity contribution in [3.05, 3.63) is 89.6 Å². The molecule has 186 valence electrons. The summed E-state index contributed by atoms with van der Waals surface area (Å²) in [5, 5.41) is 12.5. The standard InChI is InChI=1S/C25H22ClN3O6S/c1-4-35-24(33)20-13(2)28-25-29(21(20)14-6-5-7-16(10-14)34-3)22(30)19(36-25)12-27-18-11-15(23(31)32)8-9-17(18)26/h5-12,21,27H,4H2,1-3H3,(H,31,32)/b19-12-/t21-/m0/s1. The first-order valence-corrected chi connectivity index (χ1v) is 12.1. The molecule has 3 aromatic rings. The number of thiazole rings is 1. The van der Waals surface area contributed by atoms with Gasteiger partial charge in [-0.1, -0.05) is 35.1 Å². The molecule has 0 spiro atoms. The Balaban J connectivity index is 1.87. The smallest absolute Gasteiger partial charge is 0.338 e. The maximum absolute atomic E-state index is 13.6. The van der Waals surface area contributed by atoms with Gasteiger partial charge in [0.15, 0.2) is 4.80 Å². The Kier molecular flexibility index (Phi) is 7.27. The van der Waals surface area contributed by atoms with Gasteiger partial charge in [-0.15, -0.1) is 0 Å². The summed E-state index contributed by atoms with van der Waals surface area (Å²) in [5.41, 5.74) is 1.34. The summed E-state index contributed by atoms with van der Waals surface area (Å²) >= 11 is 7.32. The van der Waals surface area contributed by atoms with Crippen LogP contribution in [-0.2, 0) is 9.53 Å². The second-order valence-electron chi connectivity index (χ2n) is 7.72. The zero-order valence-electron chi connectivity index (χ0n) is 19.6. The molecular formula is C25H22ClN3O6S. The number of esters is 1. The molecule has 0 radical (unpaired) electrons. The number of anilines is 1. The van der Waals surface area contributed by atoms with Crippen molar-refractivity contribution in [3.8, 4) is 5.75 Å². The fourth-order valence-electron chi connectivity index (χ4n) is 3.83. The number of hydrogen-bond acceptors (Lipinski definition) is 8. The predicted octanol–water partition coefficient (Wildman–Crippen LogP) is 3.18. The number of aromatic carboxylic acids is 1. The molecule has 1 atom stereocenters. The minimum absolute atomic E-state index is 0.0458. The lowest BCUT2D eigenvalue weighted by Crippen LogP contribution is -2.40. The van der Waals surface area contributed by atoms with Crippen LogP contribution < -0.4 is 24.9 Å². The number of carbonyl (C=O) groups is 2. The van der Waals surface area contributed by atoms with E-state index in [1.54, 1.807) is 38.1 Å². The van der Waals surface area contributed by atoms with E-state index in [1.165, 1.54) is 36.1 Å². The van der Waals surface area contributed by atoms with Crippen LogP contribution in [0.5, 0.6) is 5.75 Å². The lowest BCUT2D eigenvalue weighted by atomic mass is 9.95. The molecule has 0 fully saturated rings. The van der Waals surface area contributed by atoms with Crippen LogP contribution in [0, 0.1) is 0 Å².